The smallest absolute Gasteiger partial charge is 0.343 e. The number of rotatable bonds is 10. The zero-order valence-corrected chi connectivity index (χ0v) is 23.1. The fraction of sp³-hybridized carbons (Fsp3) is 0.129. The van der Waals surface area contributed by atoms with E-state index in [4.69, 9.17) is 14.2 Å². The number of carbonyl (C=O) groups excluding carboxylic acids is 2. The summed E-state index contributed by atoms with van der Waals surface area (Å²) in [7, 11) is 0. The van der Waals surface area contributed by atoms with Gasteiger partial charge >= 0.3 is 5.97 Å². The number of carbonyl (C=O) groups is 2. The lowest BCUT2D eigenvalue weighted by atomic mass is 10.1. The van der Waals surface area contributed by atoms with E-state index < -0.39 is 18.0 Å². The number of amides is 1. The van der Waals surface area contributed by atoms with Crippen LogP contribution in [0.5, 0.6) is 17.2 Å². The maximum Gasteiger partial charge on any atom is 0.343 e. The molecule has 1 atom stereocenters. The van der Waals surface area contributed by atoms with Crippen molar-refractivity contribution in [2.45, 2.75) is 20.0 Å². The zero-order chi connectivity index (χ0) is 27.6. The maximum atomic E-state index is 12.7. The third-order valence-corrected chi connectivity index (χ3v) is 6.09. The molecule has 4 aromatic rings. The molecule has 1 N–H and O–H groups in total. The van der Waals surface area contributed by atoms with Crippen molar-refractivity contribution in [3.05, 3.63) is 113 Å². The summed E-state index contributed by atoms with van der Waals surface area (Å²) >= 11 is 3.41. The highest BCUT2D eigenvalue weighted by molar-refractivity contribution is 9.10. The number of hydrazone groups is 1. The molecule has 7 nitrogen and oxygen atoms in total. The minimum atomic E-state index is -0.788. The Morgan fingerprint density at radius 2 is 1.56 bits per heavy atom. The Morgan fingerprint density at radius 1 is 0.897 bits per heavy atom. The Morgan fingerprint density at radius 3 is 2.26 bits per heavy atom. The van der Waals surface area contributed by atoms with Crippen molar-refractivity contribution in [3.63, 3.8) is 0 Å². The van der Waals surface area contributed by atoms with E-state index >= 15 is 0 Å². The average molecular weight is 587 g/mol. The van der Waals surface area contributed by atoms with Gasteiger partial charge in [-0.25, -0.2) is 10.2 Å². The molecule has 0 unspecified atom stereocenters. The lowest BCUT2D eigenvalue weighted by Gasteiger charge is -2.13. The molecule has 4 rings (SSSR count). The Bertz CT molecular complexity index is 1440. The molecule has 0 saturated heterocycles. The summed E-state index contributed by atoms with van der Waals surface area (Å²) in [5.74, 6) is 0.569. The van der Waals surface area contributed by atoms with Crippen molar-refractivity contribution in [2.24, 2.45) is 5.10 Å². The van der Waals surface area contributed by atoms with Gasteiger partial charge in [0, 0.05) is 10.0 Å². The van der Waals surface area contributed by atoms with Gasteiger partial charge in [0.2, 0.25) is 0 Å². The van der Waals surface area contributed by atoms with E-state index in [9.17, 15) is 9.59 Å². The third kappa shape index (κ3) is 7.78. The third-order valence-electron chi connectivity index (χ3n) is 5.60. The highest BCUT2D eigenvalue weighted by Gasteiger charge is 2.15. The molecule has 0 aromatic heterocycles. The summed E-state index contributed by atoms with van der Waals surface area (Å²) in [6, 6.07) is 29.3. The summed E-state index contributed by atoms with van der Waals surface area (Å²) in [4.78, 5) is 25.2. The van der Waals surface area contributed by atoms with E-state index in [1.165, 1.54) is 6.21 Å². The molecule has 0 aliphatic heterocycles. The normalized spacial score (nSPS) is 11.6. The predicted molar refractivity (Wildman–Crippen MR) is 154 cm³/mol. The first-order valence-electron chi connectivity index (χ1n) is 12.3. The number of nitrogens with one attached hydrogen (secondary N) is 1. The average Bonchev–Trinajstić information content (AvgIpc) is 2.95. The topological polar surface area (TPSA) is 86.2 Å². The molecule has 1 amide bonds. The first-order chi connectivity index (χ1) is 18.9. The van der Waals surface area contributed by atoms with Crippen LogP contribution in [0.25, 0.3) is 11.1 Å². The van der Waals surface area contributed by atoms with Gasteiger partial charge in [-0.05, 0) is 79.6 Å². The van der Waals surface area contributed by atoms with Gasteiger partial charge in [0.1, 0.15) is 17.2 Å². The molecule has 0 bridgehead atoms. The second-order valence-electron chi connectivity index (χ2n) is 8.41. The van der Waals surface area contributed by atoms with Crippen LogP contribution in [0, 0.1) is 0 Å². The Kier molecular flexibility index (Phi) is 9.48. The Balaban J connectivity index is 1.35. The van der Waals surface area contributed by atoms with E-state index in [-0.39, 0.29) is 5.75 Å². The van der Waals surface area contributed by atoms with Crippen molar-refractivity contribution in [1.29, 1.82) is 0 Å². The fourth-order valence-electron chi connectivity index (χ4n) is 3.60. The minimum Gasteiger partial charge on any atom is -0.494 e. The standard InChI is InChI=1S/C31H27BrN2O5/c1-3-37-27-14-11-24(12-15-27)31(36)39-29-18-13-26(32)19-25(29)20-33-34-30(35)21(2)38-28-16-9-23(10-17-28)22-7-5-4-6-8-22/h4-21H,3H2,1-2H3,(H,34,35)/b33-20-/t21-/m1/s1. The van der Waals surface area contributed by atoms with E-state index in [1.807, 2.05) is 61.5 Å². The molecule has 0 spiro atoms. The molecule has 0 radical (unpaired) electrons. The molecule has 0 fully saturated rings. The predicted octanol–water partition coefficient (Wildman–Crippen LogP) is 6.65. The fourth-order valence-corrected chi connectivity index (χ4v) is 3.98. The first kappa shape index (κ1) is 27.6. The first-order valence-corrected chi connectivity index (χ1v) is 13.1. The van der Waals surface area contributed by atoms with Crippen LogP contribution >= 0.6 is 15.9 Å². The van der Waals surface area contributed by atoms with Crippen molar-refractivity contribution in [2.75, 3.05) is 6.61 Å². The lowest BCUT2D eigenvalue weighted by Crippen LogP contribution is -2.33. The Labute approximate surface area is 235 Å². The molecule has 0 aliphatic carbocycles. The highest BCUT2D eigenvalue weighted by atomic mass is 79.9. The summed E-state index contributed by atoms with van der Waals surface area (Å²) in [5, 5.41) is 4.04. The molecular formula is C31H27BrN2O5. The van der Waals surface area contributed by atoms with Crippen LogP contribution in [0.4, 0.5) is 0 Å². The van der Waals surface area contributed by atoms with Gasteiger partial charge in [-0.15, -0.1) is 0 Å². The van der Waals surface area contributed by atoms with E-state index in [0.717, 1.165) is 15.6 Å². The molecule has 4 aromatic carbocycles. The number of benzene rings is 4. The molecule has 0 aliphatic rings. The summed E-state index contributed by atoms with van der Waals surface area (Å²) in [6.45, 7) is 4.06. The Hall–Kier alpha value is -4.43. The van der Waals surface area contributed by atoms with Gasteiger partial charge < -0.3 is 14.2 Å². The number of hydrogen-bond acceptors (Lipinski definition) is 6. The van der Waals surface area contributed by atoms with E-state index in [0.29, 0.717) is 29.2 Å². The van der Waals surface area contributed by atoms with Crippen LogP contribution in [0.1, 0.15) is 29.8 Å². The number of halogens is 1. The summed E-state index contributed by atoms with van der Waals surface area (Å²) in [6.07, 6.45) is 0.620. The maximum absolute atomic E-state index is 12.7. The monoisotopic (exact) mass is 586 g/mol. The van der Waals surface area contributed by atoms with Gasteiger partial charge in [-0.2, -0.15) is 5.10 Å². The number of ether oxygens (including phenoxy) is 3. The number of esters is 1. The highest BCUT2D eigenvalue weighted by Crippen LogP contribution is 2.24. The molecule has 0 saturated carbocycles. The lowest BCUT2D eigenvalue weighted by molar-refractivity contribution is -0.127. The van der Waals surface area contributed by atoms with E-state index in [2.05, 4.69) is 26.5 Å². The van der Waals surface area contributed by atoms with Crippen molar-refractivity contribution in [3.8, 4) is 28.4 Å². The van der Waals surface area contributed by atoms with E-state index in [1.54, 1.807) is 49.4 Å². The molecule has 8 heteroatoms. The van der Waals surface area contributed by atoms with Crippen LogP contribution in [-0.4, -0.2) is 30.8 Å². The van der Waals surface area contributed by atoms with Crippen LogP contribution in [0.15, 0.2) is 107 Å². The quantitative estimate of drug-likeness (QED) is 0.0972. The molecule has 0 heterocycles. The molecule has 39 heavy (non-hydrogen) atoms. The second kappa shape index (κ2) is 13.4. The van der Waals surface area contributed by atoms with Crippen LogP contribution in [-0.2, 0) is 4.79 Å². The van der Waals surface area contributed by atoms with Crippen LogP contribution < -0.4 is 19.6 Å². The van der Waals surface area contributed by atoms with Crippen molar-refractivity contribution in [1.82, 2.24) is 5.43 Å². The van der Waals surface area contributed by atoms with Crippen molar-refractivity contribution >= 4 is 34.0 Å². The molecule has 198 valence electrons. The SMILES string of the molecule is CCOc1ccc(C(=O)Oc2ccc(Br)cc2/C=N\NC(=O)[C@@H](C)Oc2ccc(-c3ccccc3)cc2)cc1. The van der Waals surface area contributed by atoms with Crippen LogP contribution in [0.2, 0.25) is 0 Å². The minimum absolute atomic E-state index is 0.290. The number of hydrogen-bond donors (Lipinski definition) is 1. The largest absolute Gasteiger partial charge is 0.494 e. The zero-order valence-electron chi connectivity index (χ0n) is 21.5. The summed E-state index contributed by atoms with van der Waals surface area (Å²) in [5.41, 5.74) is 5.50. The van der Waals surface area contributed by atoms with Gasteiger partial charge in [0.05, 0.1) is 18.4 Å². The van der Waals surface area contributed by atoms with Gasteiger partial charge in [0.25, 0.3) is 5.91 Å². The molecular weight excluding hydrogens is 560 g/mol. The van der Waals surface area contributed by atoms with Gasteiger partial charge in [0.15, 0.2) is 6.10 Å². The second-order valence-corrected chi connectivity index (χ2v) is 9.33. The van der Waals surface area contributed by atoms with Crippen LogP contribution in [0.3, 0.4) is 0 Å². The van der Waals surface area contributed by atoms with Gasteiger partial charge in [-0.3, -0.25) is 4.79 Å². The number of nitrogens with zero attached hydrogens (tertiary/aromatic N) is 1. The van der Waals surface area contributed by atoms with Gasteiger partial charge in [-0.1, -0.05) is 58.4 Å². The summed E-state index contributed by atoms with van der Waals surface area (Å²) < 4.78 is 17.5. The van der Waals surface area contributed by atoms with Crippen molar-refractivity contribution < 1.29 is 23.8 Å².